The van der Waals surface area contributed by atoms with Crippen LogP contribution in [0, 0.1) is 0 Å². The molecular formula is C18H15ClN2O2. The van der Waals surface area contributed by atoms with E-state index in [9.17, 15) is 4.79 Å². The quantitative estimate of drug-likeness (QED) is 0.722. The van der Waals surface area contributed by atoms with Gasteiger partial charge in [-0.05, 0) is 35.7 Å². The smallest absolute Gasteiger partial charge is 0.229 e. The summed E-state index contributed by atoms with van der Waals surface area (Å²) in [6.45, 7) is 1.29. The van der Waals surface area contributed by atoms with E-state index in [-0.39, 0.29) is 12.3 Å². The molecule has 1 aliphatic rings. The first kappa shape index (κ1) is 14.3. The lowest BCUT2D eigenvalue weighted by atomic mass is 9.99. The van der Waals surface area contributed by atoms with Crippen LogP contribution >= 0.6 is 11.6 Å². The van der Waals surface area contributed by atoms with Gasteiger partial charge in [0.15, 0.2) is 5.58 Å². The Bertz CT molecular complexity index is 888. The average molecular weight is 327 g/mol. The second-order valence-electron chi connectivity index (χ2n) is 5.75. The summed E-state index contributed by atoms with van der Waals surface area (Å²) in [4.78, 5) is 14.5. The molecule has 0 aliphatic carbocycles. The molecule has 2 aromatic carbocycles. The van der Waals surface area contributed by atoms with E-state index in [0.717, 1.165) is 28.0 Å². The highest BCUT2D eigenvalue weighted by molar-refractivity contribution is 6.31. The normalized spacial score (nSPS) is 14.0. The van der Waals surface area contributed by atoms with E-state index in [0.29, 0.717) is 24.4 Å². The molecule has 4 rings (SSSR count). The molecule has 1 aliphatic heterocycles. The number of para-hydroxylation sites is 1. The topological polar surface area (TPSA) is 46.3 Å². The number of rotatable bonds is 2. The van der Waals surface area contributed by atoms with E-state index in [2.05, 4.69) is 5.16 Å². The van der Waals surface area contributed by atoms with Gasteiger partial charge in [0.2, 0.25) is 5.91 Å². The van der Waals surface area contributed by atoms with Crippen molar-refractivity contribution in [3.05, 3.63) is 64.3 Å². The first-order chi connectivity index (χ1) is 11.2. The lowest BCUT2D eigenvalue weighted by Crippen LogP contribution is -2.37. The predicted octanol–water partition coefficient (Wildman–Crippen LogP) is 3.61. The number of fused-ring (bicyclic) bond motifs is 2. The van der Waals surface area contributed by atoms with Gasteiger partial charge < -0.3 is 9.42 Å². The summed E-state index contributed by atoms with van der Waals surface area (Å²) in [7, 11) is 0. The fourth-order valence-electron chi connectivity index (χ4n) is 3.10. The molecule has 4 nitrogen and oxygen atoms in total. The SMILES string of the molecule is O=C(Cc1noc2ccccc12)N1CCc2c(Cl)cccc2C1. The standard InChI is InChI=1S/C18H15ClN2O2/c19-15-6-3-4-12-11-21(9-8-13(12)15)18(22)10-16-14-5-1-2-7-17(14)23-20-16/h1-7H,8-11H2. The summed E-state index contributed by atoms with van der Waals surface area (Å²) in [5, 5.41) is 5.74. The molecule has 116 valence electrons. The summed E-state index contributed by atoms with van der Waals surface area (Å²) in [6, 6.07) is 13.5. The molecule has 5 heteroatoms. The van der Waals surface area contributed by atoms with Crippen LogP contribution < -0.4 is 0 Å². The third kappa shape index (κ3) is 2.59. The number of carbonyl (C=O) groups is 1. The molecular weight excluding hydrogens is 312 g/mol. The number of carbonyl (C=O) groups excluding carboxylic acids is 1. The molecule has 0 fully saturated rings. The van der Waals surface area contributed by atoms with Gasteiger partial charge in [0.25, 0.3) is 0 Å². The van der Waals surface area contributed by atoms with E-state index in [1.165, 1.54) is 0 Å². The van der Waals surface area contributed by atoms with Gasteiger partial charge in [0, 0.05) is 23.5 Å². The second-order valence-corrected chi connectivity index (χ2v) is 6.15. The van der Waals surface area contributed by atoms with Gasteiger partial charge in [-0.25, -0.2) is 0 Å². The summed E-state index contributed by atoms with van der Waals surface area (Å²) in [6.07, 6.45) is 1.05. The molecule has 23 heavy (non-hydrogen) atoms. The first-order valence-corrected chi connectivity index (χ1v) is 7.97. The third-order valence-corrected chi connectivity index (χ3v) is 4.69. The second kappa shape index (κ2) is 5.70. The van der Waals surface area contributed by atoms with E-state index in [1.54, 1.807) is 0 Å². The van der Waals surface area contributed by atoms with Crippen molar-refractivity contribution in [2.24, 2.45) is 0 Å². The maximum atomic E-state index is 12.6. The molecule has 3 aromatic rings. The summed E-state index contributed by atoms with van der Waals surface area (Å²) in [5.41, 5.74) is 3.70. The van der Waals surface area contributed by atoms with Crippen LogP contribution in [0.1, 0.15) is 16.8 Å². The van der Waals surface area contributed by atoms with Crippen LogP contribution in [-0.4, -0.2) is 22.5 Å². The molecule has 0 atom stereocenters. The Balaban J connectivity index is 1.54. The molecule has 0 unspecified atom stereocenters. The van der Waals surface area contributed by atoms with Gasteiger partial charge >= 0.3 is 0 Å². The van der Waals surface area contributed by atoms with Gasteiger partial charge in [0.1, 0.15) is 5.69 Å². The largest absolute Gasteiger partial charge is 0.356 e. The van der Waals surface area contributed by atoms with Crippen LogP contribution in [0.3, 0.4) is 0 Å². The molecule has 1 aromatic heterocycles. The lowest BCUT2D eigenvalue weighted by Gasteiger charge is -2.29. The number of aromatic nitrogens is 1. The minimum atomic E-state index is 0.0645. The average Bonchev–Trinajstić information content (AvgIpc) is 2.98. The number of halogens is 1. The van der Waals surface area contributed by atoms with E-state index in [4.69, 9.17) is 16.1 Å². The van der Waals surface area contributed by atoms with Crippen molar-refractivity contribution in [1.29, 1.82) is 0 Å². The highest BCUT2D eigenvalue weighted by Crippen LogP contribution is 2.26. The van der Waals surface area contributed by atoms with E-state index < -0.39 is 0 Å². The minimum absolute atomic E-state index is 0.0645. The van der Waals surface area contributed by atoms with Crippen LogP contribution in [-0.2, 0) is 24.2 Å². The van der Waals surface area contributed by atoms with E-state index >= 15 is 0 Å². The maximum absolute atomic E-state index is 12.6. The molecule has 2 heterocycles. The summed E-state index contributed by atoms with van der Waals surface area (Å²) < 4.78 is 5.27. The highest BCUT2D eigenvalue weighted by Gasteiger charge is 2.23. The Hall–Kier alpha value is -2.33. The zero-order chi connectivity index (χ0) is 15.8. The third-order valence-electron chi connectivity index (χ3n) is 4.33. The molecule has 0 saturated carbocycles. The molecule has 0 saturated heterocycles. The van der Waals surface area contributed by atoms with Crippen LogP contribution in [0.5, 0.6) is 0 Å². The lowest BCUT2D eigenvalue weighted by molar-refractivity contribution is -0.131. The van der Waals surface area contributed by atoms with Gasteiger partial charge in [-0.15, -0.1) is 0 Å². The van der Waals surface area contributed by atoms with Gasteiger partial charge in [0.05, 0.1) is 6.42 Å². The molecule has 0 N–H and O–H groups in total. The van der Waals surface area contributed by atoms with Crippen molar-refractivity contribution in [2.75, 3.05) is 6.54 Å². The fraction of sp³-hybridized carbons (Fsp3) is 0.222. The Morgan fingerprint density at radius 2 is 2.09 bits per heavy atom. The van der Waals surface area contributed by atoms with Gasteiger partial charge in [-0.3, -0.25) is 4.79 Å². The number of amides is 1. The number of benzene rings is 2. The Kier molecular flexibility index (Phi) is 3.54. The Morgan fingerprint density at radius 1 is 1.22 bits per heavy atom. The van der Waals surface area contributed by atoms with Gasteiger partial charge in [-0.1, -0.05) is 41.0 Å². The summed E-state index contributed by atoms with van der Waals surface area (Å²) in [5.74, 6) is 0.0645. The highest BCUT2D eigenvalue weighted by atomic mass is 35.5. The Morgan fingerprint density at radius 3 is 3.00 bits per heavy atom. The van der Waals surface area contributed by atoms with Crippen LogP contribution in [0.2, 0.25) is 5.02 Å². The number of hydrogen-bond donors (Lipinski definition) is 0. The monoisotopic (exact) mass is 326 g/mol. The van der Waals surface area contributed by atoms with Crippen molar-refractivity contribution in [3.63, 3.8) is 0 Å². The van der Waals surface area contributed by atoms with Crippen molar-refractivity contribution >= 4 is 28.5 Å². The van der Waals surface area contributed by atoms with Gasteiger partial charge in [-0.2, -0.15) is 0 Å². The predicted molar refractivity (Wildman–Crippen MR) is 88.3 cm³/mol. The zero-order valence-electron chi connectivity index (χ0n) is 12.5. The molecule has 0 radical (unpaired) electrons. The van der Waals surface area contributed by atoms with Crippen molar-refractivity contribution in [2.45, 2.75) is 19.4 Å². The van der Waals surface area contributed by atoms with Crippen LogP contribution in [0.25, 0.3) is 11.0 Å². The summed E-state index contributed by atoms with van der Waals surface area (Å²) >= 11 is 6.22. The zero-order valence-corrected chi connectivity index (χ0v) is 13.2. The minimum Gasteiger partial charge on any atom is -0.356 e. The number of nitrogens with zero attached hydrogens (tertiary/aromatic N) is 2. The maximum Gasteiger partial charge on any atom is 0.229 e. The fourth-order valence-corrected chi connectivity index (χ4v) is 3.38. The van der Waals surface area contributed by atoms with Crippen LogP contribution in [0.15, 0.2) is 47.0 Å². The molecule has 0 bridgehead atoms. The first-order valence-electron chi connectivity index (χ1n) is 7.60. The van der Waals surface area contributed by atoms with Crippen molar-refractivity contribution in [3.8, 4) is 0 Å². The Labute approximate surface area is 138 Å². The van der Waals surface area contributed by atoms with Crippen molar-refractivity contribution in [1.82, 2.24) is 10.1 Å². The molecule has 1 amide bonds. The van der Waals surface area contributed by atoms with Crippen LogP contribution in [0.4, 0.5) is 0 Å². The number of hydrogen-bond acceptors (Lipinski definition) is 3. The van der Waals surface area contributed by atoms with Crippen molar-refractivity contribution < 1.29 is 9.32 Å². The molecule has 0 spiro atoms. The van der Waals surface area contributed by atoms with E-state index in [1.807, 2.05) is 47.4 Å².